The lowest BCUT2D eigenvalue weighted by molar-refractivity contribution is -0.144. The van der Waals surface area contributed by atoms with Crippen LogP contribution in [-0.4, -0.2) is 28.5 Å². The first-order valence-corrected chi connectivity index (χ1v) is 6.21. The van der Waals surface area contributed by atoms with E-state index in [2.05, 4.69) is 20.0 Å². The van der Waals surface area contributed by atoms with Gasteiger partial charge in [-0.25, -0.2) is 0 Å². The second-order valence-electron chi connectivity index (χ2n) is 3.93. The maximum absolute atomic E-state index is 12.2. The van der Waals surface area contributed by atoms with Crippen LogP contribution >= 0.6 is 11.5 Å². The molecule has 96 valence electrons. The highest BCUT2D eigenvalue weighted by molar-refractivity contribution is 7.09. The second kappa shape index (κ2) is 5.18. The van der Waals surface area contributed by atoms with Crippen LogP contribution in [-0.2, 0) is 6.18 Å². The number of hydrogen-bond acceptors (Lipinski definition) is 5. The van der Waals surface area contributed by atoms with Crippen LogP contribution in [0.4, 0.5) is 18.3 Å². The second-order valence-corrected chi connectivity index (χ2v) is 4.68. The fraction of sp³-hybridized carbons (Fsp3) is 0.778. The largest absolute Gasteiger partial charge is 0.452 e. The standard InChI is InChI=1S/C9H13F3N4S/c10-9(11,12)7-15-8(17-16-7)14-5-1-4-13-6-2-3-6/h6,13H,1-5H2,(H,14,15,16). The molecule has 0 unspecified atom stereocenters. The van der Waals surface area contributed by atoms with Crippen LogP contribution < -0.4 is 10.6 Å². The average molecular weight is 266 g/mol. The molecule has 1 aromatic rings. The Balaban J connectivity index is 1.66. The number of nitrogens with zero attached hydrogens (tertiary/aromatic N) is 2. The average Bonchev–Trinajstić information content (AvgIpc) is 2.92. The molecule has 1 aliphatic carbocycles. The fourth-order valence-electron chi connectivity index (χ4n) is 1.29. The van der Waals surface area contributed by atoms with E-state index in [-0.39, 0.29) is 5.13 Å². The van der Waals surface area contributed by atoms with E-state index >= 15 is 0 Å². The molecule has 1 aliphatic rings. The molecule has 17 heavy (non-hydrogen) atoms. The normalized spacial score (nSPS) is 16.2. The summed E-state index contributed by atoms with van der Waals surface area (Å²) in [6.45, 7) is 1.48. The summed E-state index contributed by atoms with van der Waals surface area (Å²) in [4.78, 5) is 3.38. The first kappa shape index (κ1) is 12.6. The molecule has 1 aromatic heterocycles. The van der Waals surface area contributed by atoms with E-state index in [4.69, 9.17) is 0 Å². The zero-order valence-corrected chi connectivity index (χ0v) is 9.87. The molecule has 1 saturated carbocycles. The van der Waals surface area contributed by atoms with Crippen LogP contribution in [0.3, 0.4) is 0 Å². The molecule has 0 atom stereocenters. The van der Waals surface area contributed by atoms with Gasteiger partial charge in [0.25, 0.3) is 0 Å². The van der Waals surface area contributed by atoms with Gasteiger partial charge in [-0.1, -0.05) is 0 Å². The third-order valence-corrected chi connectivity index (χ3v) is 2.99. The monoisotopic (exact) mass is 266 g/mol. The van der Waals surface area contributed by atoms with E-state index in [1.807, 2.05) is 0 Å². The number of halogens is 3. The van der Waals surface area contributed by atoms with E-state index in [1.165, 1.54) is 12.8 Å². The van der Waals surface area contributed by atoms with Crippen LogP contribution in [0.2, 0.25) is 0 Å². The summed E-state index contributed by atoms with van der Waals surface area (Å²) in [5, 5.41) is 6.38. The predicted molar refractivity (Wildman–Crippen MR) is 59.0 cm³/mol. The maximum Gasteiger partial charge on any atom is 0.452 e. The van der Waals surface area contributed by atoms with E-state index in [0.29, 0.717) is 12.6 Å². The van der Waals surface area contributed by atoms with Crippen molar-refractivity contribution in [3.63, 3.8) is 0 Å². The van der Waals surface area contributed by atoms with Crippen molar-refractivity contribution in [3.05, 3.63) is 5.82 Å². The third kappa shape index (κ3) is 4.12. The maximum atomic E-state index is 12.2. The number of hydrogen-bond donors (Lipinski definition) is 2. The lowest BCUT2D eigenvalue weighted by Crippen LogP contribution is -2.19. The van der Waals surface area contributed by atoms with Crippen LogP contribution in [0.5, 0.6) is 0 Å². The van der Waals surface area contributed by atoms with Crippen molar-refractivity contribution in [2.24, 2.45) is 0 Å². The Morgan fingerprint density at radius 2 is 2.06 bits per heavy atom. The molecule has 0 spiro atoms. The van der Waals surface area contributed by atoms with Gasteiger partial charge >= 0.3 is 6.18 Å². The quantitative estimate of drug-likeness (QED) is 0.774. The molecule has 2 rings (SSSR count). The molecule has 0 bridgehead atoms. The zero-order valence-electron chi connectivity index (χ0n) is 9.05. The van der Waals surface area contributed by atoms with Gasteiger partial charge in [0.05, 0.1) is 0 Å². The molecule has 0 saturated heterocycles. The Morgan fingerprint density at radius 3 is 2.65 bits per heavy atom. The van der Waals surface area contributed by atoms with Crippen molar-refractivity contribution < 1.29 is 13.2 Å². The van der Waals surface area contributed by atoms with Crippen molar-refractivity contribution in [2.45, 2.75) is 31.5 Å². The number of anilines is 1. The summed E-state index contributed by atoms with van der Waals surface area (Å²) in [5.74, 6) is -1.07. The summed E-state index contributed by atoms with van der Waals surface area (Å²) < 4.78 is 39.8. The number of alkyl halides is 3. The van der Waals surface area contributed by atoms with Crippen molar-refractivity contribution in [3.8, 4) is 0 Å². The lowest BCUT2D eigenvalue weighted by Gasteiger charge is -2.03. The Hall–Kier alpha value is -0.890. The first-order valence-electron chi connectivity index (χ1n) is 5.44. The van der Waals surface area contributed by atoms with Gasteiger partial charge < -0.3 is 10.6 Å². The van der Waals surface area contributed by atoms with E-state index in [1.54, 1.807) is 0 Å². The molecule has 0 aliphatic heterocycles. The minimum absolute atomic E-state index is 0.226. The molecule has 0 radical (unpaired) electrons. The van der Waals surface area contributed by atoms with Gasteiger partial charge in [0.15, 0.2) is 0 Å². The van der Waals surface area contributed by atoms with Gasteiger partial charge in [0.1, 0.15) is 0 Å². The first-order chi connectivity index (χ1) is 8.05. The van der Waals surface area contributed by atoms with Crippen LogP contribution in [0.1, 0.15) is 25.1 Å². The highest BCUT2D eigenvalue weighted by Gasteiger charge is 2.36. The highest BCUT2D eigenvalue weighted by Crippen LogP contribution is 2.28. The van der Waals surface area contributed by atoms with Crippen LogP contribution in [0, 0.1) is 0 Å². The molecular formula is C9H13F3N4S. The van der Waals surface area contributed by atoms with Gasteiger partial charge in [-0.3, -0.25) is 0 Å². The summed E-state index contributed by atoms with van der Waals surface area (Å²) in [7, 11) is 0. The third-order valence-electron chi connectivity index (χ3n) is 2.32. The van der Waals surface area contributed by atoms with E-state index < -0.39 is 12.0 Å². The lowest BCUT2D eigenvalue weighted by atomic mass is 10.4. The Kier molecular flexibility index (Phi) is 3.82. The Morgan fingerprint density at radius 1 is 1.29 bits per heavy atom. The molecule has 4 nitrogen and oxygen atoms in total. The minimum atomic E-state index is -4.45. The van der Waals surface area contributed by atoms with E-state index in [9.17, 15) is 13.2 Å². The smallest absolute Gasteiger partial charge is 0.360 e. The van der Waals surface area contributed by atoms with Crippen molar-refractivity contribution >= 4 is 16.7 Å². The van der Waals surface area contributed by atoms with Crippen molar-refractivity contribution in [2.75, 3.05) is 18.4 Å². The molecular weight excluding hydrogens is 253 g/mol. The summed E-state index contributed by atoms with van der Waals surface area (Å²) in [5.41, 5.74) is 0. The molecule has 8 heteroatoms. The minimum Gasteiger partial charge on any atom is -0.360 e. The number of rotatable bonds is 6. The predicted octanol–water partition coefficient (Wildman–Crippen LogP) is 2.11. The van der Waals surface area contributed by atoms with Crippen molar-refractivity contribution in [1.82, 2.24) is 14.7 Å². The summed E-state index contributed by atoms with van der Waals surface area (Å²) >= 11 is 0.740. The SMILES string of the molecule is FC(F)(F)c1nsc(NCCCNC2CC2)n1. The Bertz CT molecular complexity index is 361. The zero-order chi connectivity index (χ0) is 12.3. The van der Waals surface area contributed by atoms with E-state index in [0.717, 1.165) is 24.5 Å². The van der Waals surface area contributed by atoms with Gasteiger partial charge in [-0.05, 0) is 25.8 Å². The van der Waals surface area contributed by atoms with Gasteiger partial charge in [0.2, 0.25) is 11.0 Å². The van der Waals surface area contributed by atoms with Gasteiger partial charge in [-0.2, -0.15) is 22.5 Å². The molecule has 0 amide bonds. The molecule has 2 N–H and O–H groups in total. The highest BCUT2D eigenvalue weighted by atomic mass is 32.1. The van der Waals surface area contributed by atoms with Gasteiger partial charge in [0, 0.05) is 24.1 Å². The Labute approximate surface area is 101 Å². The van der Waals surface area contributed by atoms with Gasteiger partial charge in [-0.15, -0.1) is 0 Å². The van der Waals surface area contributed by atoms with Crippen LogP contribution in [0.15, 0.2) is 0 Å². The topological polar surface area (TPSA) is 49.8 Å². The molecule has 0 aromatic carbocycles. The number of aromatic nitrogens is 2. The van der Waals surface area contributed by atoms with Crippen LogP contribution in [0.25, 0.3) is 0 Å². The summed E-state index contributed by atoms with van der Waals surface area (Å²) in [6.07, 6.45) is -1.13. The molecule has 1 heterocycles. The van der Waals surface area contributed by atoms with Crippen molar-refractivity contribution in [1.29, 1.82) is 0 Å². The fourth-order valence-corrected chi connectivity index (χ4v) is 1.90. The number of nitrogens with one attached hydrogen (secondary N) is 2. The molecule has 1 fully saturated rings. The summed E-state index contributed by atoms with van der Waals surface area (Å²) in [6, 6.07) is 0.661.